The zero-order chi connectivity index (χ0) is 12.5. The van der Waals surface area contributed by atoms with Gasteiger partial charge in [-0.2, -0.15) is 0 Å². The maximum absolute atomic E-state index is 2.34. The lowest BCUT2D eigenvalue weighted by molar-refractivity contribution is 0.589. The second-order valence-electron chi connectivity index (χ2n) is 5.64. The molecule has 0 bridgehead atoms. The minimum absolute atomic E-state index is 0.237. The Balaban J connectivity index is 2.22. The first-order valence-electron chi connectivity index (χ1n) is 6.10. The molecule has 0 unspecified atom stereocenters. The van der Waals surface area contributed by atoms with Gasteiger partial charge in [0.2, 0.25) is 0 Å². The molecule has 0 nitrogen and oxygen atoms in total. The number of benzene rings is 1. The first-order valence-corrected chi connectivity index (χ1v) is 6.91. The van der Waals surface area contributed by atoms with Crippen molar-refractivity contribution >= 4 is 11.3 Å². The quantitative estimate of drug-likeness (QED) is 0.701. The molecule has 1 heteroatoms. The highest BCUT2D eigenvalue weighted by Gasteiger charge is 2.13. The lowest BCUT2D eigenvalue weighted by Gasteiger charge is -2.19. The van der Waals surface area contributed by atoms with E-state index in [1.54, 1.807) is 0 Å². The van der Waals surface area contributed by atoms with E-state index in [1.165, 1.54) is 20.9 Å². The van der Waals surface area contributed by atoms with Crippen molar-refractivity contribution in [3.63, 3.8) is 0 Å². The van der Waals surface area contributed by atoms with Gasteiger partial charge >= 0.3 is 0 Å². The number of rotatable bonds is 2. The van der Waals surface area contributed by atoms with Gasteiger partial charge in [0, 0.05) is 16.2 Å². The zero-order valence-electron chi connectivity index (χ0n) is 11.1. The fourth-order valence-corrected chi connectivity index (χ4v) is 2.85. The van der Waals surface area contributed by atoms with E-state index in [4.69, 9.17) is 0 Å². The predicted molar refractivity (Wildman–Crippen MR) is 77.0 cm³/mol. The summed E-state index contributed by atoms with van der Waals surface area (Å²) in [5.41, 5.74) is 3.07. The molecule has 17 heavy (non-hydrogen) atoms. The van der Waals surface area contributed by atoms with Crippen molar-refractivity contribution in [2.45, 2.75) is 39.5 Å². The third-order valence-electron chi connectivity index (χ3n) is 2.97. The van der Waals surface area contributed by atoms with Crippen LogP contribution in [0, 0.1) is 6.92 Å². The van der Waals surface area contributed by atoms with Crippen LogP contribution in [0.4, 0.5) is 0 Å². The van der Waals surface area contributed by atoms with Gasteiger partial charge in [0.1, 0.15) is 0 Å². The summed E-state index contributed by atoms with van der Waals surface area (Å²) in [6, 6.07) is 13.4. The number of thiophene rings is 1. The monoisotopic (exact) mass is 244 g/mol. The van der Waals surface area contributed by atoms with E-state index < -0.39 is 0 Å². The zero-order valence-corrected chi connectivity index (χ0v) is 11.9. The Morgan fingerprint density at radius 3 is 2.41 bits per heavy atom. The Hall–Kier alpha value is -1.08. The first-order chi connectivity index (χ1) is 7.95. The Bertz CT molecular complexity index is 500. The van der Waals surface area contributed by atoms with E-state index in [0.29, 0.717) is 0 Å². The van der Waals surface area contributed by atoms with Gasteiger partial charge in [-0.05, 0) is 35.6 Å². The maximum Gasteiger partial charge on any atom is 0.00918 e. The minimum atomic E-state index is 0.237. The summed E-state index contributed by atoms with van der Waals surface area (Å²) in [6.45, 7) is 8.96. The number of hydrogen-bond donors (Lipinski definition) is 0. The highest BCUT2D eigenvalue weighted by molar-refractivity contribution is 7.11. The molecular weight excluding hydrogens is 224 g/mol. The van der Waals surface area contributed by atoms with Crippen LogP contribution in [0.1, 0.15) is 41.7 Å². The molecule has 1 aromatic heterocycles. The van der Waals surface area contributed by atoms with Crippen molar-refractivity contribution in [2.75, 3.05) is 0 Å². The van der Waals surface area contributed by atoms with Crippen LogP contribution < -0.4 is 0 Å². The summed E-state index contributed by atoms with van der Waals surface area (Å²) in [4.78, 5) is 2.85. The van der Waals surface area contributed by atoms with E-state index in [2.05, 4.69) is 64.1 Å². The van der Waals surface area contributed by atoms with Crippen LogP contribution in [-0.4, -0.2) is 0 Å². The molecule has 0 fully saturated rings. The second kappa shape index (κ2) is 4.66. The van der Waals surface area contributed by atoms with Crippen molar-refractivity contribution in [2.24, 2.45) is 0 Å². The molecule has 0 aliphatic heterocycles. The Labute approximate surface area is 108 Å². The van der Waals surface area contributed by atoms with Gasteiger partial charge in [-0.15, -0.1) is 11.3 Å². The van der Waals surface area contributed by atoms with Crippen LogP contribution in [0.3, 0.4) is 0 Å². The normalized spacial score (nSPS) is 11.8. The molecule has 2 aromatic rings. The van der Waals surface area contributed by atoms with Crippen LogP contribution in [0.15, 0.2) is 36.4 Å². The van der Waals surface area contributed by atoms with Gasteiger partial charge in [-0.3, -0.25) is 0 Å². The fourth-order valence-electron chi connectivity index (χ4n) is 1.93. The standard InChI is InChI=1S/C16H20S/c1-12-8-9-15(17-12)11-13-6-5-7-14(10-13)16(2,3)4/h5-10H,11H2,1-4H3. The van der Waals surface area contributed by atoms with Crippen molar-refractivity contribution in [3.8, 4) is 0 Å². The molecule has 0 radical (unpaired) electrons. The smallest absolute Gasteiger partial charge is 0.00918 e. The average molecular weight is 244 g/mol. The lowest BCUT2D eigenvalue weighted by atomic mass is 9.86. The van der Waals surface area contributed by atoms with Crippen LogP contribution in [0.25, 0.3) is 0 Å². The summed E-state index contributed by atoms with van der Waals surface area (Å²) >= 11 is 1.90. The van der Waals surface area contributed by atoms with E-state index in [9.17, 15) is 0 Å². The molecule has 0 saturated heterocycles. The summed E-state index contributed by atoms with van der Waals surface area (Å²) in [5, 5.41) is 0. The Morgan fingerprint density at radius 1 is 1.06 bits per heavy atom. The van der Waals surface area contributed by atoms with Crippen molar-refractivity contribution in [3.05, 3.63) is 57.3 Å². The molecule has 0 saturated carbocycles. The van der Waals surface area contributed by atoms with Crippen molar-refractivity contribution < 1.29 is 0 Å². The van der Waals surface area contributed by atoms with Crippen molar-refractivity contribution in [1.29, 1.82) is 0 Å². The number of hydrogen-bond acceptors (Lipinski definition) is 1. The molecule has 2 rings (SSSR count). The van der Waals surface area contributed by atoms with Crippen LogP contribution in [0.5, 0.6) is 0 Å². The van der Waals surface area contributed by atoms with Crippen LogP contribution in [-0.2, 0) is 11.8 Å². The van der Waals surface area contributed by atoms with Gasteiger partial charge in [0.25, 0.3) is 0 Å². The molecule has 1 heterocycles. The third-order valence-corrected chi connectivity index (χ3v) is 3.97. The summed E-state index contributed by atoms with van der Waals surface area (Å²) in [7, 11) is 0. The molecule has 0 amide bonds. The fraction of sp³-hybridized carbons (Fsp3) is 0.375. The highest BCUT2D eigenvalue weighted by Crippen LogP contribution is 2.25. The minimum Gasteiger partial charge on any atom is -0.145 e. The Morgan fingerprint density at radius 2 is 1.82 bits per heavy atom. The maximum atomic E-state index is 2.34. The van der Waals surface area contributed by atoms with Crippen LogP contribution >= 0.6 is 11.3 Å². The van der Waals surface area contributed by atoms with Gasteiger partial charge in [0.05, 0.1) is 0 Å². The van der Waals surface area contributed by atoms with E-state index in [-0.39, 0.29) is 5.41 Å². The molecule has 0 aliphatic carbocycles. The first kappa shape index (κ1) is 12.4. The summed E-state index contributed by atoms with van der Waals surface area (Å²) in [5.74, 6) is 0. The van der Waals surface area contributed by atoms with E-state index in [1.807, 2.05) is 11.3 Å². The SMILES string of the molecule is Cc1ccc(Cc2cccc(C(C)(C)C)c2)s1. The predicted octanol–water partition coefficient (Wildman–Crippen LogP) is 4.94. The Kier molecular flexibility index (Phi) is 3.39. The molecular formula is C16H20S. The molecule has 1 aromatic carbocycles. The summed E-state index contributed by atoms with van der Waals surface area (Å²) < 4.78 is 0. The van der Waals surface area contributed by atoms with Gasteiger partial charge in [0.15, 0.2) is 0 Å². The molecule has 0 N–H and O–H groups in total. The van der Waals surface area contributed by atoms with Crippen LogP contribution in [0.2, 0.25) is 0 Å². The van der Waals surface area contributed by atoms with Gasteiger partial charge in [-0.1, -0.05) is 45.0 Å². The third kappa shape index (κ3) is 3.19. The average Bonchev–Trinajstić information content (AvgIpc) is 2.63. The molecule has 0 aliphatic rings. The second-order valence-corrected chi connectivity index (χ2v) is 7.01. The summed E-state index contributed by atoms with van der Waals surface area (Å²) in [6.07, 6.45) is 1.06. The highest BCUT2D eigenvalue weighted by atomic mass is 32.1. The largest absolute Gasteiger partial charge is 0.145 e. The lowest BCUT2D eigenvalue weighted by Crippen LogP contribution is -2.11. The molecule has 90 valence electrons. The molecule has 0 atom stereocenters. The van der Waals surface area contributed by atoms with Crippen molar-refractivity contribution in [1.82, 2.24) is 0 Å². The number of aryl methyl sites for hydroxylation is 1. The van der Waals surface area contributed by atoms with Gasteiger partial charge < -0.3 is 0 Å². The van der Waals surface area contributed by atoms with E-state index in [0.717, 1.165) is 6.42 Å². The van der Waals surface area contributed by atoms with Gasteiger partial charge in [-0.25, -0.2) is 0 Å². The molecule has 0 spiro atoms. The van der Waals surface area contributed by atoms with E-state index >= 15 is 0 Å². The topological polar surface area (TPSA) is 0 Å².